The standard InChI is InChI=1S/C15H27NO/c1-16-13-7-2-4-8-14-9-12-15(17-14)10-5-3-6-11-15/h2,4,14,16H,3,5-13H2,1H3/b4-2+. The maximum Gasteiger partial charge on any atom is 0.0687 e. The van der Waals surface area contributed by atoms with Crippen LogP contribution in [0.25, 0.3) is 0 Å². The van der Waals surface area contributed by atoms with E-state index in [1.807, 2.05) is 7.05 Å². The lowest BCUT2D eigenvalue weighted by Crippen LogP contribution is -2.31. The van der Waals surface area contributed by atoms with Gasteiger partial charge in [0.1, 0.15) is 0 Å². The molecule has 17 heavy (non-hydrogen) atoms. The van der Waals surface area contributed by atoms with Gasteiger partial charge in [0.15, 0.2) is 0 Å². The number of hydrogen-bond acceptors (Lipinski definition) is 2. The van der Waals surface area contributed by atoms with Crippen molar-refractivity contribution >= 4 is 0 Å². The van der Waals surface area contributed by atoms with E-state index < -0.39 is 0 Å². The summed E-state index contributed by atoms with van der Waals surface area (Å²) in [4.78, 5) is 0. The van der Waals surface area contributed by atoms with Gasteiger partial charge in [-0.05, 0) is 52.1 Å². The Kier molecular flexibility index (Phi) is 5.05. The predicted molar refractivity (Wildman–Crippen MR) is 72.2 cm³/mol. The zero-order valence-electron chi connectivity index (χ0n) is 11.2. The third kappa shape index (κ3) is 3.82. The van der Waals surface area contributed by atoms with Crippen LogP contribution in [0.15, 0.2) is 12.2 Å². The van der Waals surface area contributed by atoms with Crippen LogP contribution in [0, 0.1) is 0 Å². The zero-order valence-corrected chi connectivity index (χ0v) is 11.2. The van der Waals surface area contributed by atoms with Crippen molar-refractivity contribution in [3.63, 3.8) is 0 Å². The fourth-order valence-electron chi connectivity index (χ4n) is 3.22. The van der Waals surface area contributed by atoms with Crippen molar-refractivity contribution in [2.75, 3.05) is 13.6 Å². The van der Waals surface area contributed by atoms with E-state index >= 15 is 0 Å². The highest BCUT2D eigenvalue weighted by Gasteiger charge is 2.40. The number of rotatable bonds is 5. The fraction of sp³-hybridized carbons (Fsp3) is 0.867. The van der Waals surface area contributed by atoms with E-state index in [1.54, 1.807) is 0 Å². The molecular weight excluding hydrogens is 210 g/mol. The Morgan fingerprint density at radius 3 is 2.76 bits per heavy atom. The first-order chi connectivity index (χ1) is 8.35. The van der Waals surface area contributed by atoms with E-state index in [0.717, 1.165) is 19.4 Å². The highest BCUT2D eigenvalue weighted by atomic mass is 16.5. The largest absolute Gasteiger partial charge is 0.371 e. The molecule has 1 atom stereocenters. The number of ether oxygens (including phenoxy) is 1. The lowest BCUT2D eigenvalue weighted by molar-refractivity contribution is -0.0620. The maximum atomic E-state index is 6.33. The zero-order chi connectivity index (χ0) is 12.0. The summed E-state index contributed by atoms with van der Waals surface area (Å²) in [7, 11) is 2.00. The van der Waals surface area contributed by atoms with Crippen LogP contribution in [-0.4, -0.2) is 25.3 Å². The van der Waals surface area contributed by atoms with Crippen molar-refractivity contribution in [1.29, 1.82) is 0 Å². The van der Waals surface area contributed by atoms with Crippen LogP contribution in [0.4, 0.5) is 0 Å². The molecule has 0 amide bonds. The molecule has 1 N–H and O–H groups in total. The van der Waals surface area contributed by atoms with Gasteiger partial charge in [-0.15, -0.1) is 0 Å². The molecule has 1 aliphatic carbocycles. The van der Waals surface area contributed by atoms with Crippen LogP contribution >= 0.6 is 0 Å². The van der Waals surface area contributed by atoms with E-state index in [4.69, 9.17) is 4.74 Å². The summed E-state index contributed by atoms with van der Waals surface area (Å²) in [6.45, 7) is 1.08. The van der Waals surface area contributed by atoms with Crippen molar-refractivity contribution in [1.82, 2.24) is 5.32 Å². The molecule has 2 heteroatoms. The summed E-state index contributed by atoms with van der Waals surface area (Å²) in [6.07, 6.45) is 16.7. The molecule has 1 spiro atoms. The Morgan fingerprint density at radius 1 is 1.18 bits per heavy atom. The quantitative estimate of drug-likeness (QED) is 0.584. The highest BCUT2D eigenvalue weighted by molar-refractivity contribution is 4.94. The van der Waals surface area contributed by atoms with Crippen molar-refractivity contribution < 1.29 is 4.74 Å². The van der Waals surface area contributed by atoms with Gasteiger partial charge in [0.05, 0.1) is 11.7 Å². The van der Waals surface area contributed by atoms with Crippen molar-refractivity contribution in [2.45, 2.75) is 69.5 Å². The minimum Gasteiger partial charge on any atom is -0.371 e. The van der Waals surface area contributed by atoms with Crippen LogP contribution in [0.5, 0.6) is 0 Å². The predicted octanol–water partition coefficient (Wildman–Crippen LogP) is 3.42. The Labute approximate surface area is 106 Å². The first-order valence-corrected chi connectivity index (χ1v) is 7.32. The van der Waals surface area contributed by atoms with Gasteiger partial charge in [-0.25, -0.2) is 0 Å². The molecule has 1 heterocycles. The third-order valence-electron chi connectivity index (χ3n) is 4.23. The van der Waals surface area contributed by atoms with Crippen LogP contribution in [-0.2, 0) is 4.74 Å². The number of nitrogens with one attached hydrogen (secondary N) is 1. The summed E-state index contributed by atoms with van der Waals surface area (Å²) >= 11 is 0. The van der Waals surface area contributed by atoms with E-state index in [9.17, 15) is 0 Å². The Hall–Kier alpha value is -0.340. The average molecular weight is 237 g/mol. The summed E-state index contributed by atoms with van der Waals surface area (Å²) < 4.78 is 6.33. The van der Waals surface area contributed by atoms with Gasteiger partial charge in [0.25, 0.3) is 0 Å². The fourth-order valence-corrected chi connectivity index (χ4v) is 3.22. The monoisotopic (exact) mass is 237 g/mol. The first-order valence-electron chi connectivity index (χ1n) is 7.32. The molecule has 98 valence electrons. The van der Waals surface area contributed by atoms with Crippen LogP contribution < -0.4 is 5.32 Å². The molecule has 2 aliphatic rings. The summed E-state index contributed by atoms with van der Waals surface area (Å²) in [5, 5.41) is 3.16. The molecule has 1 saturated heterocycles. The Balaban J connectivity index is 1.68. The summed E-state index contributed by atoms with van der Waals surface area (Å²) in [5.41, 5.74) is 0.293. The summed E-state index contributed by atoms with van der Waals surface area (Å²) in [5.74, 6) is 0. The lowest BCUT2D eigenvalue weighted by atomic mass is 9.83. The Morgan fingerprint density at radius 2 is 2.00 bits per heavy atom. The van der Waals surface area contributed by atoms with Crippen LogP contribution in [0.3, 0.4) is 0 Å². The van der Waals surface area contributed by atoms with E-state index in [0.29, 0.717) is 11.7 Å². The second-order valence-corrected chi connectivity index (χ2v) is 5.62. The molecule has 1 aliphatic heterocycles. The normalized spacial score (nSPS) is 28.2. The van der Waals surface area contributed by atoms with Gasteiger partial charge in [0, 0.05) is 0 Å². The molecule has 0 aromatic heterocycles. The third-order valence-corrected chi connectivity index (χ3v) is 4.23. The molecule has 0 aromatic carbocycles. The SMILES string of the molecule is CNCC/C=C/CC1CCC2(CCCCC2)O1. The van der Waals surface area contributed by atoms with Gasteiger partial charge in [-0.2, -0.15) is 0 Å². The first kappa shape index (κ1) is 13.1. The second-order valence-electron chi connectivity index (χ2n) is 5.62. The number of hydrogen-bond donors (Lipinski definition) is 1. The topological polar surface area (TPSA) is 21.3 Å². The van der Waals surface area contributed by atoms with Gasteiger partial charge >= 0.3 is 0 Å². The minimum absolute atomic E-state index is 0.293. The van der Waals surface area contributed by atoms with Crippen LogP contribution in [0.1, 0.15) is 57.8 Å². The molecule has 0 aromatic rings. The highest BCUT2D eigenvalue weighted by Crippen LogP contribution is 2.42. The Bertz CT molecular complexity index is 243. The molecule has 1 saturated carbocycles. The molecule has 2 rings (SSSR count). The second kappa shape index (κ2) is 6.55. The van der Waals surface area contributed by atoms with Crippen molar-refractivity contribution in [3.05, 3.63) is 12.2 Å². The van der Waals surface area contributed by atoms with E-state index in [-0.39, 0.29) is 0 Å². The van der Waals surface area contributed by atoms with Gasteiger partial charge < -0.3 is 10.1 Å². The average Bonchev–Trinajstić information content (AvgIpc) is 2.73. The maximum absolute atomic E-state index is 6.33. The minimum atomic E-state index is 0.293. The molecular formula is C15H27NO. The van der Waals surface area contributed by atoms with Crippen molar-refractivity contribution in [2.24, 2.45) is 0 Å². The molecule has 2 fully saturated rings. The summed E-state index contributed by atoms with van der Waals surface area (Å²) in [6, 6.07) is 0. The molecule has 0 radical (unpaired) electrons. The van der Waals surface area contributed by atoms with Gasteiger partial charge in [-0.1, -0.05) is 31.4 Å². The van der Waals surface area contributed by atoms with E-state index in [1.165, 1.54) is 44.9 Å². The van der Waals surface area contributed by atoms with E-state index in [2.05, 4.69) is 17.5 Å². The van der Waals surface area contributed by atoms with Crippen molar-refractivity contribution in [3.8, 4) is 0 Å². The van der Waals surface area contributed by atoms with Gasteiger partial charge in [0.2, 0.25) is 0 Å². The lowest BCUT2D eigenvalue weighted by Gasteiger charge is -2.33. The molecule has 1 unspecified atom stereocenters. The van der Waals surface area contributed by atoms with Gasteiger partial charge in [-0.3, -0.25) is 0 Å². The smallest absolute Gasteiger partial charge is 0.0687 e. The molecule has 2 nitrogen and oxygen atoms in total. The molecule has 0 bridgehead atoms. The van der Waals surface area contributed by atoms with Crippen LogP contribution in [0.2, 0.25) is 0 Å².